The van der Waals surface area contributed by atoms with Crippen LogP contribution in [-0.2, 0) is 4.74 Å². The molecular weight excluding hydrogens is 176 g/mol. The van der Waals surface area contributed by atoms with Crippen molar-refractivity contribution >= 4 is 0 Å². The van der Waals surface area contributed by atoms with Gasteiger partial charge in [-0.15, -0.1) is 0 Å². The Morgan fingerprint density at radius 2 is 1.93 bits per heavy atom. The number of nitrogens with zero attached hydrogens (tertiary/aromatic N) is 1. The van der Waals surface area contributed by atoms with Crippen molar-refractivity contribution in [3.8, 4) is 0 Å². The van der Waals surface area contributed by atoms with Crippen LogP contribution in [0.3, 0.4) is 0 Å². The van der Waals surface area contributed by atoms with Crippen molar-refractivity contribution in [2.24, 2.45) is 5.73 Å². The van der Waals surface area contributed by atoms with Crippen molar-refractivity contribution in [1.29, 1.82) is 0 Å². The SMILES string of the molecule is CCCOC1(CN)CCN(CC)CC1. The maximum Gasteiger partial charge on any atom is 0.0828 e. The van der Waals surface area contributed by atoms with Gasteiger partial charge in [0.25, 0.3) is 0 Å². The molecule has 1 aliphatic rings. The van der Waals surface area contributed by atoms with Gasteiger partial charge in [-0.1, -0.05) is 13.8 Å². The van der Waals surface area contributed by atoms with Crippen molar-refractivity contribution in [3.63, 3.8) is 0 Å². The van der Waals surface area contributed by atoms with Crippen LogP contribution in [0.25, 0.3) is 0 Å². The molecule has 14 heavy (non-hydrogen) atoms. The number of hydrogen-bond acceptors (Lipinski definition) is 3. The highest BCUT2D eigenvalue weighted by atomic mass is 16.5. The molecule has 0 amide bonds. The first kappa shape index (κ1) is 12.0. The lowest BCUT2D eigenvalue weighted by atomic mass is 9.91. The van der Waals surface area contributed by atoms with Crippen LogP contribution in [0, 0.1) is 0 Å². The van der Waals surface area contributed by atoms with E-state index in [9.17, 15) is 0 Å². The van der Waals surface area contributed by atoms with Gasteiger partial charge in [0.2, 0.25) is 0 Å². The fraction of sp³-hybridized carbons (Fsp3) is 1.00. The predicted molar refractivity (Wildman–Crippen MR) is 59.4 cm³/mol. The third-order valence-corrected chi connectivity index (χ3v) is 3.20. The van der Waals surface area contributed by atoms with Gasteiger partial charge in [-0.2, -0.15) is 0 Å². The molecule has 0 saturated carbocycles. The summed E-state index contributed by atoms with van der Waals surface area (Å²) in [5, 5.41) is 0. The molecule has 0 atom stereocenters. The second-order valence-corrected chi connectivity index (χ2v) is 4.17. The molecule has 3 heteroatoms. The first-order valence-electron chi connectivity index (χ1n) is 5.82. The third kappa shape index (κ3) is 2.94. The maximum absolute atomic E-state index is 5.91. The average Bonchev–Trinajstić information content (AvgIpc) is 2.27. The van der Waals surface area contributed by atoms with E-state index in [-0.39, 0.29) is 5.60 Å². The van der Waals surface area contributed by atoms with Crippen LogP contribution in [0.1, 0.15) is 33.1 Å². The lowest BCUT2D eigenvalue weighted by molar-refractivity contribution is -0.0764. The molecule has 0 aromatic heterocycles. The molecule has 0 aromatic carbocycles. The van der Waals surface area contributed by atoms with E-state index in [0.29, 0.717) is 6.54 Å². The molecule has 1 rings (SSSR count). The van der Waals surface area contributed by atoms with Crippen LogP contribution in [0.15, 0.2) is 0 Å². The average molecular weight is 200 g/mol. The van der Waals surface area contributed by atoms with Crippen LogP contribution >= 0.6 is 0 Å². The van der Waals surface area contributed by atoms with Gasteiger partial charge in [-0.3, -0.25) is 0 Å². The van der Waals surface area contributed by atoms with E-state index in [1.165, 1.54) is 0 Å². The normalized spacial score (nSPS) is 22.5. The quantitative estimate of drug-likeness (QED) is 0.725. The van der Waals surface area contributed by atoms with Crippen molar-refractivity contribution < 1.29 is 4.74 Å². The fourth-order valence-corrected chi connectivity index (χ4v) is 2.00. The molecule has 0 aromatic rings. The van der Waals surface area contributed by atoms with E-state index >= 15 is 0 Å². The van der Waals surface area contributed by atoms with Gasteiger partial charge in [0.15, 0.2) is 0 Å². The summed E-state index contributed by atoms with van der Waals surface area (Å²) in [6.45, 7) is 9.30. The standard InChI is InChI=1S/C11H24N2O/c1-3-9-14-11(10-12)5-7-13(4-2)8-6-11/h3-10,12H2,1-2H3. The van der Waals surface area contributed by atoms with Gasteiger partial charge in [-0.05, 0) is 25.8 Å². The zero-order chi connectivity index (χ0) is 10.4. The monoisotopic (exact) mass is 200 g/mol. The molecule has 1 fully saturated rings. The second kappa shape index (κ2) is 5.69. The molecule has 1 heterocycles. The smallest absolute Gasteiger partial charge is 0.0828 e. The lowest BCUT2D eigenvalue weighted by Gasteiger charge is -2.40. The Labute approximate surface area is 87.6 Å². The van der Waals surface area contributed by atoms with Crippen LogP contribution in [-0.4, -0.2) is 43.3 Å². The van der Waals surface area contributed by atoms with E-state index in [1.807, 2.05) is 0 Å². The first-order valence-corrected chi connectivity index (χ1v) is 5.82. The van der Waals surface area contributed by atoms with Crippen molar-refractivity contribution in [2.75, 3.05) is 32.8 Å². The van der Waals surface area contributed by atoms with Gasteiger partial charge in [0.1, 0.15) is 0 Å². The molecule has 0 bridgehead atoms. The summed E-state index contributed by atoms with van der Waals surface area (Å²) in [7, 11) is 0. The van der Waals surface area contributed by atoms with E-state index in [1.54, 1.807) is 0 Å². The maximum atomic E-state index is 5.91. The van der Waals surface area contributed by atoms with Crippen molar-refractivity contribution in [1.82, 2.24) is 4.90 Å². The molecule has 2 N–H and O–H groups in total. The van der Waals surface area contributed by atoms with Crippen LogP contribution in [0.2, 0.25) is 0 Å². The van der Waals surface area contributed by atoms with Gasteiger partial charge < -0.3 is 15.4 Å². The minimum absolute atomic E-state index is 0.0122. The molecule has 0 unspecified atom stereocenters. The lowest BCUT2D eigenvalue weighted by Crippen LogP contribution is -2.50. The molecule has 0 radical (unpaired) electrons. The van der Waals surface area contributed by atoms with Crippen molar-refractivity contribution in [2.45, 2.75) is 38.7 Å². The van der Waals surface area contributed by atoms with E-state index in [4.69, 9.17) is 10.5 Å². The van der Waals surface area contributed by atoms with Gasteiger partial charge in [-0.25, -0.2) is 0 Å². The number of ether oxygens (including phenoxy) is 1. The van der Waals surface area contributed by atoms with Gasteiger partial charge in [0.05, 0.1) is 5.60 Å². The van der Waals surface area contributed by atoms with Gasteiger partial charge >= 0.3 is 0 Å². The molecular formula is C11H24N2O. The summed E-state index contributed by atoms with van der Waals surface area (Å²) in [4.78, 5) is 2.46. The summed E-state index contributed by atoms with van der Waals surface area (Å²) in [5.74, 6) is 0. The van der Waals surface area contributed by atoms with E-state index in [2.05, 4.69) is 18.7 Å². The second-order valence-electron chi connectivity index (χ2n) is 4.17. The minimum atomic E-state index is -0.0122. The molecule has 0 aliphatic carbocycles. The Kier molecular flexibility index (Phi) is 4.85. The topological polar surface area (TPSA) is 38.5 Å². The summed E-state index contributed by atoms with van der Waals surface area (Å²) in [6, 6.07) is 0. The number of piperidine rings is 1. The van der Waals surface area contributed by atoms with Crippen LogP contribution in [0.5, 0.6) is 0 Å². The minimum Gasteiger partial charge on any atom is -0.374 e. The fourth-order valence-electron chi connectivity index (χ4n) is 2.00. The van der Waals surface area contributed by atoms with Crippen LogP contribution < -0.4 is 5.73 Å². The summed E-state index contributed by atoms with van der Waals surface area (Å²) in [6.07, 6.45) is 3.27. The Morgan fingerprint density at radius 1 is 1.29 bits per heavy atom. The Bertz CT molecular complexity index is 153. The number of rotatable bonds is 5. The third-order valence-electron chi connectivity index (χ3n) is 3.20. The Balaban J connectivity index is 2.39. The van der Waals surface area contributed by atoms with E-state index in [0.717, 1.165) is 45.5 Å². The summed E-state index contributed by atoms with van der Waals surface area (Å²) < 4.78 is 5.91. The van der Waals surface area contributed by atoms with Crippen molar-refractivity contribution in [3.05, 3.63) is 0 Å². The zero-order valence-electron chi connectivity index (χ0n) is 9.59. The zero-order valence-corrected chi connectivity index (χ0v) is 9.59. The van der Waals surface area contributed by atoms with E-state index < -0.39 is 0 Å². The highest BCUT2D eigenvalue weighted by molar-refractivity contribution is 4.88. The number of nitrogens with two attached hydrogens (primary N) is 1. The number of likely N-dealkylation sites (tertiary alicyclic amines) is 1. The highest BCUT2D eigenvalue weighted by Crippen LogP contribution is 2.25. The molecule has 0 spiro atoms. The largest absolute Gasteiger partial charge is 0.374 e. The Morgan fingerprint density at radius 3 is 2.36 bits per heavy atom. The molecule has 1 aliphatic heterocycles. The predicted octanol–water partition coefficient (Wildman–Crippen LogP) is 1.23. The summed E-state index contributed by atoms with van der Waals surface area (Å²) in [5.41, 5.74) is 5.81. The Hall–Kier alpha value is -0.120. The molecule has 84 valence electrons. The molecule has 1 saturated heterocycles. The highest BCUT2D eigenvalue weighted by Gasteiger charge is 2.33. The first-order chi connectivity index (χ1) is 6.76. The van der Waals surface area contributed by atoms with Crippen LogP contribution in [0.4, 0.5) is 0 Å². The summed E-state index contributed by atoms with van der Waals surface area (Å²) >= 11 is 0. The number of hydrogen-bond donors (Lipinski definition) is 1. The molecule has 3 nitrogen and oxygen atoms in total. The van der Waals surface area contributed by atoms with Gasteiger partial charge in [0, 0.05) is 26.2 Å².